The van der Waals surface area contributed by atoms with Gasteiger partial charge in [-0.05, 0) is 18.8 Å². The maximum absolute atomic E-state index is 9.46. The molecule has 0 amide bonds. The average Bonchev–Trinajstić information content (AvgIpc) is 2.52. The summed E-state index contributed by atoms with van der Waals surface area (Å²) < 4.78 is 0. The lowest BCUT2D eigenvalue weighted by Crippen LogP contribution is -2.34. The summed E-state index contributed by atoms with van der Waals surface area (Å²) in [5, 5.41) is 23.6. The van der Waals surface area contributed by atoms with Crippen molar-refractivity contribution >= 4 is 5.84 Å². The maximum atomic E-state index is 9.46. The van der Waals surface area contributed by atoms with E-state index in [4.69, 9.17) is 10.9 Å². The van der Waals surface area contributed by atoms with Crippen molar-refractivity contribution in [3.8, 4) is 0 Å². The summed E-state index contributed by atoms with van der Waals surface area (Å²) in [5.74, 6) is 0.499. The van der Waals surface area contributed by atoms with Crippen molar-refractivity contribution in [2.45, 2.75) is 25.4 Å². The number of nitrogens with zero attached hydrogens (tertiary/aromatic N) is 1. The molecule has 13 heavy (non-hydrogen) atoms. The Hall–Kier alpha value is -0.810. The monoisotopic (exact) mass is 187 g/mol. The van der Waals surface area contributed by atoms with E-state index < -0.39 is 0 Å². The summed E-state index contributed by atoms with van der Waals surface area (Å²) in [6.45, 7) is 1.11. The minimum atomic E-state index is -0.181. The summed E-state index contributed by atoms with van der Waals surface area (Å²) >= 11 is 0. The van der Waals surface area contributed by atoms with E-state index >= 15 is 0 Å². The van der Waals surface area contributed by atoms with Gasteiger partial charge in [-0.25, -0.2) is 0 Å². The molecule has 1 aliphatic rings. The molecule has 5 N–H and O–H groups in total. The number of nitrogens with one attached hydrogen (secondary N) is 1. The number of aliphatic hydroxyl groups excluding tert-OH is 1. The van der Waals surface area contributed by atoms with Crippen LogP contribution in [0.25, 0.3) is 0 Å². The first kappa shape index (κ1) is 10.3. The standard InChI is InChI=1S/C8H17N3O2/c9-8(11-13)5-10-4-6-2-1-3-7(6)12/h6-7,10,12-13H,1-5H2,(H2,9,11). The van der Waals surface area contributed by atoms with Crippen LogP contribution in [0.2, 0.25) is 0 Å². The highest BCUT2D eigenvalue weighted by atomic mass is 16.4. The number of amidine groups is 1. The fourth-order valence-corrected chi connectivity index (χ4v) is 1.68. The Kier molecular flexibility index (Phi) is 3.98. The van der Waals surface area contributed by atoms with Crippen molar-refractivity contribution in [2.75, 3.05) is 13.1 Å². The molecule has 5 nitrogen and oxygen atoms in total. The second-order valence-electron chi connectivity index (χ2n) is 3.48. The fraction of sp³-hybridized carbons (Fsp3) is 0.875. The number of hydrogen-bond donors (Lipinski definition) is 4. The van der Waals surface area contributed by atoms with Gasteiger partial charge in [0.15, 0.2) is 5.84 Å². The number of aliphatic hydroxyl groups is 1. The number of nitrogens with two attached hydrogens (primary N) is 1. The van der Waals surface area contributed by atoms with Crippen LogP contribution in [-0.2, 0) is 0 Å². The minimum Gasteiger partial charge on any atom is -0.409 e. The van der Waals surface area contributed by atoms with Crippen LogP contribution in [0, 0.1) is 5.92 Å². The van der Waals surface area contributed by atoms with Gasteiger partial charge in [0.05, 0.1) is 12.6 Å². The maximum Gasteiger partial charge on any atom is 0.153 e. The third-order valence-electron chi connectivity index (χ3n) is 2.46. The van der Waals surface area contributed by atoms with Crippen molar-refractivity contribution in [3.05, 3.63) is 0 Å². The van der Waals surface area contributed by atoms with E-state index in [-0.39, 0.29) is 11.9 Å². The Morgan fingerprint density at radius 3 is 2.85 bits per heavy atom. The zero-order valence-corrected chi connectivity index (χ0v) is 7.61. The topological polar surface area (TPSA) is 90.9 Å². The Morgan fingerprint density at radius 2 is 2.31 bits per heavy atom. The molecule has 76 valence electrons. The molecule has 0 bridgehead atoms. The highest BCUT2D eigenvalue weighted by molar-refractivity contribution is 5.81. The molecular formula is C8H17N3O2. The molecule has 0 heterocycles. The number of rotatable bonds is 4. The minimum absolute atomic E-state index is 0.174. The molecule has 2 unspecified atom stereocenters. The second-order valence-corrected chi connectivity index (χ2v) is 3.48. The van der Waals surface area contributed by atoms with Crippen molar-refractivity contribution in [3.63, 3.8) is 0 Å². The molecule has 0 saturated heterocycles. The normalized spacial score (nSPS) is 29.5. The van der Waals surface area contributed by atoms with Crippen molar-refractivity contribution < 1.29 is 10.3 Å². The van der Waals surface area contributed by atoms with Crippen LogP contribution in [0.4, 0.5) is 0 Å². The van der Waals surface area contributed by atoms with Gasteiger partial charge in [0.2, 0.25) is 0 Å². The Balaban J connectivity index is 2.12. The van der Waals surface area contributed by atoms with Gasteiger partial charge >= 0.3 is 0 Å². The zero-order chi connectivity index (χ0) is 9.68. The highest BCUT2D eigenvalue weighted by Crippen LogP contribution is 2.24. The van der Waals surface area contributed by atoms with Crippen LogP contribution in [0.1, 0.15) is 19.3 Å². The van der Waals surface area contributed by atoms with Gasteiger partial charge in [-0.3, -0.25) is 0 Å². The molecule has 5 heteroatoms. The van der Waals surface area contributed by atoms with Crippen LogP contribution >= 0.6 is 0 Å². The van der Waals surface area contributed by atoms with E-state index in [9.17, 15) is 5.11 Å². The van der Waals surface area contributed by atoms with E-state index in [1.54, 1.807) is 0 Å². The van der Waals surface area contributed by atoms with Crippen LogP contribution < -0.4 is 11.1 Å². The number of oxime groups is 1. The first-order valence-electron chi connectivity index (χ1n) is 4.59. The van der Waals surface area contributed by atoms with Crippen LogP contribution in [-0.4, -0.2) is 35.3 Å². The van der Waals surface area contributed by atoms with Gasteiger partial charge < -0.3 is 21.4 Å². The van der Waals surface area contributed by atoms with E-state index in [0.717, 1.165) is 25.8 Å². The Labute approximate surface area is 77.6 Å². The van der Waals surface area contributed by atoms with Gasteiger partial charge in [-0.1, -0.05) is 11.6 Å². The van der Waals surface area contributed by atoms with Crippen molar-refractivity contribution in [2.24, 2.45) is 16.8 Å². The highest BCUT2D eigenvalue weighted by Gasteiger charge is 2.24. The molecule has 0 spiro atoms. The fourth-order valence-electron chi connectivity index (χ4n) is 1.68. The van der Waals surface area contributed by atoms with Crippen molar-refractivity contribution in [1.29, 1.82) is 0 Å². The summed E-state index contributed by atoms with van der Waals surface area (Å²) in [5.41, 5.74) is 5.27. The Bertz CT molecular complexity index is 184. The molecule has 0 aromatic carbocycles. The predicted octanol–water partition coefficient (Wildman–Crippen LogP) is -0.517. The summed E-state index contributed by atoms with van der Waals surface area (Å²) in [4.78, 5) is 0. The summed E-state index contributed by atoms with van der Waals surface area (Å²) in [6.07, 6.45) is 2.87. The largest absolute Gasteiger partial charge is 0.409 e. The van der Waals surface area contributed by atoms with Gasteiger partial charge in [0.25, 0.3) is 0 Å². The lowest BCUT2D eigenvalue weighted by molar-refractivity contribution is 0.132. The lowest BCUT2D eigenvalue weighted by Gasteiger charge is -2.14. The second kappa shape index (κ2) is 5.04. The van der Waals surface area contributed by atoms with Gasteiger partial charge in [-0.15, -0.1) is 0 Å². The first-order chi connectivity index (χ1) is 6.24. The zero-order valence-electron chi connectivity index (χ0n) is 7.61. The third kappa shape index (κ3) is 3.20. The molecule has 1 fully saturated rings. The Morgan fingerprint density at radius 1 is 1.54 bits per heavy atom. The van der Waals surface area contributed by atoms with E-state index in [0.29, 0.717) is 12.5 Å². The molecule has 1 saturated carbocycles. The van der Waals surface area contributed by atoms with Gasteiger partial charge in [0.1, 0.15) is 0 Å². The van der Waals surface area contributed by atoms with Crippen LogP contribution in [0.3, 0.4) is 0 Å². The quantitative estimate of drug-likeness (QED) is 0.206. The van der Waals surface area contributed by atoms with Crippen molar-refractivity contribution in [1.82, 2.24) is 5.32 Å². The third-order valence-corrected chi connectivity index (χ3v) is 2.46. The smallest absolute Gasteiger partial charge is 0.153 e. The molecule has 1 aliphatic carbocycles. The predicted molar refractivity (Wildman–Crippen MR) is 49.6 cm³/mol. The molecule has 0 aromatic rings. The van der Waals surface area contributed by atoms with Crippen LogP contribution in [0.5, 0.6) is 0 Å². The van der Waals surface area contributed by atoms with E-state index in [1.165, 1.54) is 0 Å². The lowest BCUT2D eigenvalue weighted by atomic mass is 10.1. The molecule has 2 atom stereocenters. The molecular weight excluding hydrogens is 170 g/mol. The van der Waals surface area contributed by atoms with Gasteiger partial charge in [0, 0.05) is 6.54 Å². The summed E-state index contributed by atoms with van der Waals surface area (Å²) in [7, 11) is 0. The van der Waals surface area contributed by atoms with Crippen LogP contribution in [0.15, 0.2) is 5.16 Å². The molecule has 0 radical (unpaired) electrons. The molecule has 0 aliphatic heterocycles. The van der Waals surface area contributed by atoms with Gasteiger partial charge in [-0.2, -0.15) is 0 Å². The SMILES string of the molecule is NC(CNCC1CCCC1O)=NO. The van der Waals surface area contributed by atoms with E-state index in [1.807, 2.05) is 0 Å². The molecule has 1 rings (SSSR count). The average molecular weight is 187 g/mol. The van der Waals surface area contributed by atoms with E-state index in [2.05, 4.69) is 10.5 Å². The number of hydrogen-bond acceptors (Lipinski definition) is 4. The molecule has 0 aromatic heterocycles. The summed E-state index contributed by atoms with van der Waals surface area (Å²) in [6, 6.07) is 0. The first-order valence-corrected chi connectivity index (χ1v) is 4.59.